The first kappa shape index (κ1) is 25.4. The minimum atomic E-state index is -0.252. The fourth-order valence-electron chi connectivity index (χ4n) is 5.77. The third kappa shape index (κ3) is 4.99. The molecule has 0 radical (unpaired) electrons. The average Bonchev–Trinajstić information content (AvgIpc) is 3.52. The SMILES string of the molecule is CCOC(=O)Cc1ccc(NC(=O)N2Cc3c(sc4c3CCCC4)-n3cccc3C2c2ccc(C)cc2)cc1. The van der Waals surface area contributed by atoms with E-state index in [1.54, 1.807) is 6.92 Å². The van der Waals surface area contributed by atoms with E-state index in [1.807, 2.05) is 40.5 Å². The van der Waals surface area contributed by atoms with E-state index in [1.165, 1.54) is 39.4 Å². The Morgan fingerprint density at radius 3 is 2.54 bits per heavy atom. The van der Waals surface area contributed by atoms with Crippen LogP contribution in [-0.4, -0.2) is 28.1 Å². The minimum Gasteiger partial charge on any atom is -0.466 e. The Bertz CT molecular complexity index is 1500. The third-order valence-corrected chi connectivity index (χ3v) is 9.03. The lowest BCUT2D eigenvalue weighted by Gasteiger charge is -2.31. The molecule has 2 aromatic carbocycles. The zero-order valence-corrected chi connectivity index (χ0v) is 23.2. The van der Waals surface area contributed by atoms with Crippen molar-refractivity contribution in [2.24, 2.45) is 0 Å². The largest absolute Gasteiger partial charge is 0.466 e. The summed E-state index contributed by atoms with van der Waals surface area (Å²) >= 11 is 1.89. The number of thiophene rings is 1. The van der Waals surface area contributed by atoms with Gasteiger partial charge in [-0.1, -0.05) is 42.0 Å². The third-order valence-electron chi connectivity index (χ3n) is 7.69. The second kappa shape index (κ2) is 10.7. The van der Waals surface area contributed by atoms with Crippen LogP contribution in [0.4, 0.5) is 10.5 Å². The molecule has 0 fully saturated rings. The highest BCUT2D eigenvalue weighted by atomic mass is 32.1. The monoisotopic (exact) mass is 539 g/mol. The maximum absolute atomic E-state index is 14.1. The van der Waals surface area contributed by atoms with Gasteiger partial charge in [0.15, 0.2) is 0 Å². The lowest BCUT2D eigenvalue weighted by molar-refractivity contribution is -0.142. The number of aromatic nitrogens is 1. The number of ether oxygens (including phenoxy) is 1. The standard InChI is InChI=1S/C32H33N3O3S/c1-3-38-29(36)19-22-12-16-24(17-13-22)33-32(37)35-20-26-25-7-4-5-9-28(25)39-31(26)34-18-6-8-27(34)30(35)23-14-10-21(2)11-15-23/h6,8,10-18,30H,3-5,7,9,19-20H2,1-2H3,(H,33,37). The summed E-state index contributed by atoms with van der Waals surface area (Å²) in [5.41, 5.74) is 7.64. The first-order chi connectivity index (χ1) is 19.0. The van der Waals surface area contributed by atoms with E-state index in [9.17, 15) is 9.59 Å². The zero-order valence-electron chi connectivity index (χ0n) is 22.4. The van der Waals surface area contributed by atoms with Crippen LogP contribution >= 0.6 is 11.3 Å². The molecule has 200 valence electrons. The molecular weight excluding hydrogens is 506 g/mol. The van der Waals surface area contributed by atoms with Crippen LogP contribution in [-0.2, 0) is 35.3 Å². The number of aryl methyl sites for hydroxylation is 2. The molecule has 0 spiro atoms. The van der Waals surface area contributed by atoms with Gasteiger partial charge >= 0.3 is 12.0 Å². The van der Waals surface area contributed by atoms with Crippen molar-refractivity contribution < 1.29 is 14.3 Å². The molecule has 0 bridgehead atoms. The summed E-state index contributed by atoms with van der Waals surface area (Å²) in [6.45, 7) is 4.80. The van der Waals surface area contributed by atoms with Crippen molar-refractivity contribution in [1.82, 2.24) is 9.47 Å². The molecule has 0 saturated carbocycles. The normalized spacial score (nSPS) is 16.1. The Labute approximate surface area is 233 Å². The number of carbonyl (C=O) groups excluding carboxylic acids is 2. The molecule has 7 heteroatoms. The molecular formula is C32H33N3O3S. The first-order valence-corrected chi connectivity index (χ1v) is 14.5. The Balaban J connectivity index is 1.36. The summed E-state index contributed by atoms with van der Waals surface area (Å²) < 4.78 is 7.37. The predicted molar refractivity (Wildman–Crippen MR) is 155 cm³/mol. The van der Waals surface area contributed by atoms with E-state index in [0.29, 0.717) is 18.8 Å². The van der Waals surface area contributed by atoms with E-state index in [4.69, 9.17) is 4.74 Å². The number of nitrogens with zero attached hydrogens (tertiary/aromatic N) is 2. The maximum atomic E-state index is 14.1. The molecule has 4 aromatic rings. The van der Waals surface area contributed by atoms with Crippen molar-refractivity contribution in [2.75, 3.05) is 11.9 Å². The highest BCUT2D eigenvalue weighted by Gasteiger charge is 2.36. The average molecular weight is 540 g/mol. The van der Waals surface area contributed by atoms with E-state index < -0.39 is 0 Å². The van der Waals surface area contributed by atoms with Gasteiger partial charge in [-0.25, -0.2) is 4.79 Å². The van der Waals surface area contributed by atoms with Crippen LogP contribution in [0, 0.1) is 6.92 Å². The van der Waals surface area contributed by atoms with Gasteiger partial charge in [0.2, 0.25) is 0 Å². The van der Waals surface area contributed by atoms with Gasteiger partial charge in [-0.05, 0) is 80.5 Å². The topological polar surface area (TPSA) is 63.6 Å². The summed E-state index contributed by atoms with van der Waals surface area (Å²) in [5.74, 6) is -0.252. The van der Waals surface area contributed by atoms with E-state index in [2.05, 4.69) is 59.4 Å². The summed E-state index contributed by atoms with van der Waals surface area (Å²) in [4.78, 5) is 29.4. The smallest absolute Gasteiger partial charge is 0.322 e. The van der Waals surface area contributed by atoms with Crippen molar-refractivity contribution >= 4 is 29.0 Å². The quantitative estimate of drug-likeness (QED) is 0.279. The van der Waals surface area contributed by atoms with Crippen LogP contribution in [0.1, 0.15) is 64.2 Å². The van der Waals surface area contributed by atoms with Crippen molar-refractivity contribution in [3.05, 3.63) is 105 Å². The van der Waals surface area contributed by atoms with Crippen molar-refractivity contribution in [2.45, 2.75) is 58.5 Å². The molecule has 0 saturated heterocycles. The Morgan fingerprint density at radius 1 is 1.00 bits per heavy atom. The number of hydrogen-bond donors (Lipinski definition) is 1. The van der Waals surface area contributed by atoms with Gasteiger partial charge in [0, 0.05) is 22.3 Å². The molecule has 1 unspecified atom stereocenters. The van der Waals surface area contributed by atoms with Gasteiger partial charge in [0.1, 0.15) is 5.00 Å². The molecule has 6 nitrogen and oxygen atoms in total. The Hall–Kier alpha value is -3.84. The van der Waals surface area contributed by atoms with Gasteiger partial charge < -0.3 is 19.5 Å². The number of fused-ring (bicyclic) bond motifs is 5. The number of amides is 2. The summed E-state index contributed by atoms with van der Waals surface area (Å²) in [6.07, 6.45) is 6.97. The van der Waals surface area contributed by atoms with Gasteiger partial charge in [-0.2, -0.15) is 0 Å². The van der Waals surface area contributed by atoms with Gasteiger partial charge in [-0.15, -0.1) is 11.3 Å². The van der Waals surface area contributed by atoms with Crippen LogP contribution < -0.4 is 5.32 Å². The molecule has 2 aromatic heterocycles. The molecule has 2 amide bonds. The number of hydrogen-bond acceptors (Lipinski definition) is 4. The summed E-state index contributed by atoms with van der Waals surface area (Å²) in [7, 11) is 0. The molecule has 1 atom stereocenters. The van der Waals surface area contributed by atoms with Gasteiger partial charge in [0.25, 0.3) is 0 Å². The molecule has 3 heterocycles. The van der Waals surface area contributed by atoms with Crippen LogP contribution in [0.5, 0.6) is 0 Å². The van der Waals surface area contributed by atoms with Crippen LogP contribution in [0.25, 0.3) is 5.00 Å². The number of anilines is 1. The first-order valence-electron chi connectivity index (χ1n) is 13.7. The fraction of sp³-hybridized carbons (Fsp3) is 0.312. The minimum absolute atomic E-state index is 0.143. The highest BCUT2D eigenvalue weighted by Crippen LogP contribution is 2.44. The van der Waals surface area contributed by atoms with Crippen molar-refractivity contribution in [3.63, 3.8) is 0 Å². The summed E-state index contributed by atoms with van der Waals surface area (Å²) in [5, 5.41) is 4.40. The zero-order chi connectivity index (χ0) is 26.9. The van der Waals surface area contributed by atoms with Crippen LogP contribution in [0.3, 0.4) is 0 Å². The number of carbonyl (C=O) groups is 2. The maximum Gasteiger partial charge on any atom is 0.322 e. The number of urea groups is 1. The molecule has 1 aliphatic heterocycles. The van der Waals surface area contributed by atoms with Crippen molar-refractivity contribution in [1.29, 1.82) is 0 Å². The second-order valence-corrected chi connectivity index (χ2v) is 11.4. The van der Waals surface area contributed by atoms with E-state index >= 15 is 0 Å². The summed E-state index contributed by atoms with van der Waals surface area (Å²) in [6, 6.07) is 19.8. The molecule has 6 rings (SSSR count). The fourth-order valence-corrected chi connectivity index (χ4v) is 7.17. The molecule has 39 heavy (non-hydrogen) atoms. The number of rotatable bonds is 5. The molecule has 1 N–H and O–H groups in total. The number of benzene rings is 2. The second-order valence-electron chi connectivity index (χ2n) is 10.3. The van der Waals surface area contributed by atoms with Gasteiger partial charge in [-0.3, -0.25) is 4.79 Å². The molecule has 2 aliphatic rings. The van der Waals surface area contributed by atoms with Gasteiger partial charge in [0.05, 0.1) is 31.3 Å². The lowest BCUT2D eigenvalue weighted by atomic mass is 9.95. The predicted octanol–water partition coefficient (Wildman–Crippen LogP) is 6.97. The Kier molecular flexibility index (Phi) is 7.00. The lowest BCUT2D eigenvalue weighted by Crippen LogP contribution is -2.38. The van der Waals surface area contributed by atoms with E-state index in [0.717, 1.165) is 29.7 Å². The highest BCUT2D eigenvalue weighted by molar-refractivity contribution is 7.15. The molecule has 1 aliphatic carbocycles. The Morgan fingerprint density at radius 2 is 1.77 bits per heavy atom. The van der Waals surface area contributed by atoms with E-state index in [-0.39, 0.29) is 24.5 Å². The van der Waals surface area contributed by atoms with Crippen LogP contribution in [0.15, 0.2) is 66.9 Å². The number of nitrogens with one attached hydrogen (secondary N) is 1. The van der Waals surface area contributed by atoms with Crippen molar-refractivity contribution in [3.8, 4) is 5.00 Å². The number of esters is 1. The van der Waals surface area contributed by atoms with Crippen LogP contribution in [0.2, 0.25) is 0 Å².